The topological polar surface area (TPSA) is 73.8 Å². The molecule has 0 aromatic heterocycles. The van der Waals surface area contributed by atoms with Crippen molar-refractivity contribution >= 4 is 34.2 Å². The van der Waals surface area contributed by atoms with Crippen LogP contribution >= 0.6 is 0 Å². The van der Waals surface area contributed by atoms with Crippen LogP contribution < -0.4 is 35.4 Å². The standard InChI is InChI=1S/C40H48O8Si4.Kr/c1-21-33-25-13-26-18-28-15-30-20-32-16-31-19-29-14-27(17-25)35(43-49(5,6)41-33)22(2)37(29)45-51(9,10)47-39(31)24(4)40(32)48-52(11,12)46-38(30)23(3)36(28)44-50(7,8)42-34(21)26;/h13-16H,17-20H2,1-12H3;. The first-order valence-corrected chi connectivity index (χ1v) is 29.7. The maximum Gasteiger partial charge on any atom is 0.454 e. The van der Waals surface area contributed by atoms with Gasteiger partial charge in [0.2, 0.25) is 0 Å². The monoisotopic (exact) mass is 852 g/mol. The summed E-state index contributed by atoms with van der Waals surface area (Å²) in [5.74, 6) is 6.91. The summed E-state index contributed by atoms with van der Waals surface area (Å²) in [7, 11) is -11.1. The van der Waals surface area contributed by atoms with Crippen molar-refractivity contribution in [1.29, 1.82) is 0 Å². The second-order valence-corrected chi connectivity index (χ2v) is 29.9. The summed E-state index contributed by atoms with van der Waals surface area (Å²) >= 11 is 0. The molecule has 0 amide bonds. The van der Waals surface area contributed by atoms with Crippen LogP contribution in [0.3, 0.4) is 0 Å². The SMILES string of the molecule is Cc1c2c3cc4c1O[Si](C)(C)Oc1c(cc5c(c1C)O[Si](C)(C)Oc1c(cc6c(c1C)O[Si](C)(C)Oc1c(cc(c(c1C)O[Si](C)(C)O2)C3)C6)C5)C4.[Kr]. The van der Waals surface area contributed by atoms with Crippen molar-refractivity contribution in [3.63, 3.8) is 0 Å². The number of hydrogen-bond acceptors (Lipinski definition) is 8. The van der Waals surface area contributed by atoms with Crippen LogP contribution in [0.4, 0.5) is 0 Å². The minimum atomic E-state index is -2.77. The van der Waals surface area contributed by atoms with Gasteiger partial charge in [-0.3, -0.25) is 0 Å². The zero-order chi connectivity index (χ0) is 36.9. The Morgan fingerprint density at radius 1 is 0.302 bits per heavy atom. The first kappa shape index (κ1) is 37.5. The van der Waals surface area contributed by atoms with Crippen LogP contribution in [-0.4, -0.2) is 34.2 Å². The van der Waals surface area contributed by atoms with Gasteiger partial charge in [0, 0.05) is 146 Å². The molecule has 53 heavy (non-hydrogen) atoms. The number of benzene rings is 4. The molecule has 0 N–H and O–H groups in total. The fourth-order valence-corrected chi connectivity index (χ4v) is 15.1. The predicted octanol–water partition coefficient (Wildman–Crippen LogP) is 9.49. The fourth-order valence-electron chi connectivity index (χ4n) is 8.76. The van der Waals surface area contributed by atoms with Crippen molar-refractivity contribution < 1.29 is 80.9 Å². The van der Waals surface area contributed by atoms with E-state index in [2.05, 4.69) is 104 Å². The third-order valence-electron chi connectivity index (χ3n) is 10.8. The van der Waals surface area contributed by atoms with E-state index >= 15 is 0 Å². The Balaban J connectivity index is 0.00000400. The minimum Gasteiger partial charge on any atom is -0.511 e. The molecule has 8 bridgehead atoms. The largest absolute Gasteiger partial charge is 0.511 e. The summed E-state index contributed by atoms with van der Waals surface area (Å²) in [5.41, 5.74) is 13.1. The van der Waals surface area contributed by atoms with Crippen molar-refractivity contribution in [2.45, 2.75) is 106 Å². The first-order valence-electron chi connectivity index (χ1n) is 18.4. The van der Waals surface area contributed by atoms with Crippen molar-refractivity contribution in [2.24, 2.45) is 0 Å². The van der Waals surface area contributed by atoms with E-state index < -0.39 is 34.2 Å². The molecule has 1 aliphatic carbocycles. The molecule has 0 saturated carbocycles. The van der Waals surface area contributed by atoms with Crippen LogP contribution in [0.25, 0.3) is 0 Å². The second-order valence-electron chi connectivity index (χ2n) is 17.0. The zero-order valence-corrected chi connectivity index (χ0v) is 38.2. The van der Waals surface area contributed by atoms with Crippen LogP contribution in [0.15, 0.2) is 24.3 Å². The average molecular weight is 853 g/mol. The van der Waals surface area contributed by atoms with Crippen LogP contribution in [-0.2, 0) is 25.7 Å². The molecule has 5 aliphatic rings. The quantitative estimate of drug-likeness (QED) is 0.143. The van der Waals surface area contributed by atoms with E-state index in [0.717, 1.165) is 113 Å². The van der Waals surface area contributed by atoms with Gasteiger partial charge in [0.25, 0.3) is 0 Å². The smallest absolute Gasteiger partial charge is 0.454 e. The summed E-state index contributed by atoms with van der Waals surface area (Å²) < 4.78 is 55.8. The van der Waals surface area contributed by atoms with Gasteiger partial charge in [0.05, 0.1) is 0 Å². The molecule has 4 aromatic carbocycles. The van der Waals surface area contributed by atoms with E-state index in [9.17, 15) is 0 Å². The molecule has 9 rings (SSSR count). The molecule has 13 heteroatoms. The van der Waals surface area contributed by atoms with E-state index in [1.165, 1.54) is 0 Å². The summed E-state index contributed by atoms with van der Waals surface area (Å²) in [4.78, 5) is 0. The molecule has 4 aromatic rings. The summed E-state index contributed by atoms with van der Waals surface area (Å²) in [6.07, 6.45) is 2.61. The van der Waals surface area contributed by atoms with Crippen molar-refractivity contribution in [2.75, 3.05) is 0 Å². The van der Waals surface area contributed by atoms with Crippen molar-refractivity contribution in [3.8, 4) is 46.0 Å². The van der Waals surface area contributed by atoms with Crippen LogP contribution in [0.2, 0.25) is 52.4 Å². The van der Waals surface area contributed by atoms with Gasteiger partial charge in [-0.05, 0) is 96.5 Å². The zero-order valence-electron chi connectivity index (χ0n) is 32.8. The molecule has 0 atom stereocenters. The van der Waals surface area contributed by atoms with E-state index in [1.807, 2.05) is 0 Å². The summed E-state index contributed by atoms with van der Waals surface area (Å²) in [6.45, 7) is 25.4. The van der Waals surface area contributed by atoms with Crippen molar-refractivity contribution in [3.05, 3.63) is 91.0 Å². The normalized spacial score (nSPS) is 19.5. The van der Waals surface area contributed by atoms with Gasteiger partial charge in [-0.2, -0.15) is 0 Å². The van der Waals surface area contributed by atoms with Gasteiger partial charge < -0.3 is 35.4 Å². The maximum atomic E-state index is 6.98. The predicted molar refractivity (Wildman–Crippen MR) is 211 cm³/mol. The molecule has 4 heterocycles. The van der Waals surface area contributed by atoms with E-state index in [0.29, 0.717) is 25.7 Å². The first-order chi connectivity index (χ1) is 24.3. The van der Waals surface area contributed by atoms with Gasteiger partial charge >= 0.3 is 34.2 Å². The molecule has 0 radical (unpaired) electrons. The van der Waals surface area contributed by atoms with Gasteiger partial charge in [-0.1, -0.05) is 0 Å². The molecule has 0 unspecified atom stereocenters. The summed E-state index contributed by atoms with van der Waals surface area (Å²) in [5, 5.41) is 0. The van der Waals surface area contributed by atoms with Gasteiger partial charge in [-0.25, -0.2) is 0 Å². The second kappa shape index (κ2) is 12.3. The molecule has 280 valence electrons. The number of rotatable bonds is 0. The molecule has 0 spiro atoms. The molecule has 8 nitrogen and oxygen atoms in total. The Morgan fingerprint density at radius 3 is 0.566 bits per heavy atom. The Labute approximate surface area is 354 Å². The maximum absolute atomic E-state index is 6.98. The fraction of sp³-hybridized carbons (Fsp3) is 0.400. The van der Waals surface area contributed by atoms with E-state index in [-0.39, 0.29) is 45.5 Å². The van der Waals surface area contributed by atoms with Gasteiger partial charge in [0.15, 0.2) is 0 Å². The Kier molecular flexibility index (Phi) is 8.72. The summed E-state index contributed by atoms with van der Waals surface area (Å²) in [6, 6.07) is 9.29. The van der Waals surface area contributed by atoms with Gasteiger partial charge in [0.1, 0.15) is 46.0 Å². The Bertz CT molecular complexity index is 1840. The van der Waals surface area contributed by atoms with Crippen LogP contribution in [0, 0.1) is 73.2 Å². The Morgan fingerprint density at radius 2 is 0.434 bits per heavy atom. The van der Waals surface area contributed by atoms with Crippen LogP contribution in [0.5, 0.6) is 46.0 Å². The average Bonchev–Trinajstić information content (AvgIpc) is 3.01. The molecule has 4 aliphatic heterocycles. The third kappa shape index (κ3) is 6.30. The molecular formula is C40H48KrO8Si4. The van der Waals surface area contributed by atoms with E-state index in [4.69, 9.17) is 35.4 Å². The van der Waals surface area contributed by atoms with Crippen molar-refractivity contribution in [1.82, 2.24) is 0 Å². The molecule has 0 fully saturated rings. The van der Waals surface area contributed by atoms with Crippen LogP contribution in [0.1, 0.15) is 66.8 Å². The van der Waals surface area contributed by atoms with Gasteiger partial charge in [-0.15, -0.1) is 0 Å². The van der Waals surface area contributed by atoms with E-state index in [1.54, 1.807) is 0 Å². The third-order valence-corrected chi connectivity index (χ3v) is 16.3. The molecular weight excluding hydrogens is 805 g/mol. The minimum absolute atomic E-state index is 0. The number of hydrogen-bond donors (Lipinski definition) is 0. The Hall–Kier alpha value is -2.37. The molecule has 0 saturated heterocycles.